The van der Waals surface area contributed by atoms with Gasteiger partial charge in [0.15, 0.2) is 9.84 Å². The normalized spacial score (nSPS) is 14.1. The number of hydrogen-bond acceptors (Lipinski definition) is 4. The molecule has 0 aliphatic heterocycles. The minimum absolute atomic E-state index is 0.151. The molecule has 4 nitrogen and oxygen atoms in total. The predicted molar refractivity (Wildman–Crippen MR) is 62.8 cm³/mol. The summed E-state index contributed by atoms with van der Waals surface area (Å²) >= 11 is 0. The summed E-state index contributed by atoms with van der Waals surface area (Å²) in [5.74, 6) is 0.350. The topological polar surface area (TPSA) is 80.4 Å². The molecule has 0 aliphatic carbocycles. The quantitative estimate of drug-likeness (QED) is 0.822. The minimum atomic E-state index is -3.60. The Bertz CT molecular complexity index is 437. The standard InChI is InChI=1S/C11H17NO3S/c1-8(2)9-3-5-10(6-4-9)16(14,15)11(12)7-13/h3-6,8,11,13H,7,12H2,1-2H3. The molecule has 0 amide bonds. The number of benzene rings is 1. The van der Waals surface area contributed by atoms with Gasteiger partial charge in [0, 0.05) is 0 Å². The molecule has 1 aromatic carbocycles. The molecular formula is C11H17NO3S. The molecule has 0 radical (unpaired) electrons. The van der Waals surface area contributed by atoms with Crippen LogP contribution in [0.2, 0.25) is 0 Å². The second-order valence-corrected chi connectivity index (χ2v) is 6.16. The van der Waals surface area contributed by atoms with Gasteiger partial charge in [-0.15, -0.1) is 0 Å². The Kier molecular flexibility index (Phi) is 4.07. The number of sulfone groups is 1. The summed E-state index contributed by atoms with van der Waals surface area (Å²) in [4.78, 5) is 0.151. The third-order valence-electron chi connectivity index (χ3n) is 2.45. The zero-order valence-corrected chi connectivity index (χ0v) is 10.2. The first-order valence-electron chi connectivity index (χ1n) is 5.10. The van der Waals surface area contributed by atoms with Crippen LogP contribution >= 0.6 is 0 Å². The van der Waals surface area contributed by atoms with Gasteiger partial charge in [-0.05, 0) is 23.6 Å². The van der Waals surface area contributed by atoms with E-state index >= 15 is 0 Å². The molecule has 1 atom stereocenters. The SMILES string of the molecule is CC(C)c1ccc(S(=O)(=O)C(N)CO)cc1. The van der Waals surface area contributed by atoms with Crippen LogP contribution < -0.4 is 5.73 Å². The highest BCUT2D eigenvalue weighted by atomic mass is 32.2. The number of rotatable bonds is 4. The van der Waals surface area contributed by atoms with Gasteiger partial charge in [-0.2, -0.15) is 0 Å². The van der Waals surface area contributed by atoms with E-state index in [0.717, 1.165) is 5.56 Å². The lowest BCUT2D eigenvalue weighted by atomic mass is 10.0. The maximum Gasteiger partial charge on any atom is 0.196 e. The monoisotopic (exact) mass is 243 g/mol. The second kappa shape index (κ2) is 4.95. The molecule has 1 rings (SSSR count). The number of nitrogens with two attached hydrogens (primary N) is 1. The van der Waals surface area contributed by atoms with Crippen LogP contribution in [0.4, 0.5) is 0 Å². The van der Waals surface area contributed by atoms with Gasteiger partial charge in [0.05, 0.1) is 11.5 Å². The van der Waals surface area contributed by atoms with Crippen LogP contribution in [0.25, 0.3) is 0 Å². The molecule has 5 heteroatoms. The van der Waals surface area contributed by atoms with Crippen LogP contribution in [0, 0.1) is 0 Å². The molecule has 3 N–H and O–H groups in total. The van der Waals surface area contributed by atoms with Crippen LogP contribution in [0.5, 0.6) is 0 Å². The van der Waals surface area contributed by atoms with Crippen molar-refractivity contribution in [2.45, 2.75) is 30.0 Å². The second-order valence-electron chi connectivity index (χ2n) is 3.99. The molecular weight excluding hydrogens is 226 g/mol. The molecule has 0 spiro atoms. The molecule has 0 saturated carbocycles. The van der Waals surface area contributed by atoms with Crippen molar-refractivity contribution in [3.8, 4) is 0 Å². The summed E-state index contributed by atoms with van der Waals surface area (Å²) in [5.41, 5.74) is 6.41. The average Bonchev–Trinajstić information content (AvgIpc) is 2.28. The fraction of sp³-hybridized carbons (Fsp3) is 0.455. The fourth-order valence-electron chi connectivity index (χ4n) is 1.32. The van der Waals surface area contributed by atoms with E-state index < -0.39 is 21.8 Å². The van der Waals surface area contributed by atoms with Crippen molar-refractivity contribution in [2.75, 3.05) is 6.61 Å². The summed E-state index contributed by atoms with van der Waals surface area (Å²) < 4.78 is 23.5. The van der Waals surface area contributed by atoms with E-state index in [1.54, 1.807) is 12.1 Å². The maximum absolute atomic E-state index is 11.8. The zero-order chi connectivity index (χ0) is 12.3. The van der Waals surface area contributed by atoms with Crippen LogP contribution in [-0.2, 0) is 9.84 Å². The summed E-state index contributed by atoms with van der Waals surface area (Å²) in [5, 5.41) is 7.52. The highest BCUT2D eigenvalue weighted by Gasteiger charge is 2.22. The highest BCUT2D eigenvalue weighted by molar-refractivity contribution is 7.92. The molecule has 1 aromatic rings. The van der Waals surface area contributed by atoms with E-state index in [9.17, 15) is 8.42 Å². The molecule has 0 fully saturated rings. The molecule has 0 aliphatic rings. The Hall–Kier alpha value is -0.910. The Balaban J connectivity index is 3.07. The predicted octanol–water partition coefficient (Wildman–Crippen LogP) is 0.861. The van der Waals surface area contributed by atoms with Crippen molar-refractivity contribution >= 4 is 9.84 Å². The van der Waals surface area contributed by atoms with Gasteiger partial charge < -0.3 is 10.8 Å². The highest BCUT2D eigenvalue weighted by Crippen LogP contribution is 2.19. The summed E-state index contributed by atoms with van der Waals surface area (Å²) in [6, 6.07) is 6.59. The maximum atomic E-state index is 11.8. The van der Waals surface area contributed by atoms with Crippen LogP contribution in [0.1, 0.15) is 25.3 Å². The van der Waals surface area contributed by atoms with Gasteiger partial charge in [0.2, 0.25) is 0 Å². The van der Waals surface area contributed by atoms with Gasteiger partial charge in [0.1, 0.15) is 5.37 Å². The van der Waals surface area contributed by atoms with E-state index in [1.807, 2.05) is 13.8 Å². The van der Waals surface area contributed by atoms with Crippen molar-refractivity contribution in [3.63, 3.8) is 0 Å². The van der Waals surface area contributed by atoms with Gasteiger partial charge >= 0.3 is 0 Å². The fourth-order valence-corrected chi connectivity index (χ4v) is 2.38. The van der Waals surface area contributed by atoms with E-state index in [-0.39, 0.29) is 4.90 Å². The third kappa shape index (κ3) is 2.61. The van der Waals surface area contributed by atoms with E-state index in [4.69, 9.17) is 10.8 Å². The largest absolute Gasteiger partial charge is 0.394 e. The van der Waals surface area contributed by atoms with Gasteiger partial charge in [-0.1, -0.05) is 26.0 Å². The van der Waals surface area contributed by atoms with Crippen molar-refractivity contribution < 1.29 is 13.5 Å². The first-order valence-corrected chi connectivity index (χ1v) is 6.64. The number of hydrogen-bond donors (Lipinski definition) is 2. The minimum Gasteiger partial charge on any atom is -0.394 e. The summed E-state index contributed by atoms with van der Waals surface area (Å²) in [6.07, 6.45) is 0. The first-order chi connectivity index (χ1) is 7.39. The Morgan fingerprint density at radius 2 is 1.75 bits per heavy atom. The number of aliphatic hydroxyl groups is 1. The lowest BCUT2D eigenvalue weighted by Gasteiger charge is -2.11. The molecule has 0 saturated heterocycles. The van der Waals surface area contributed by atoms with Crippen LogP contribution in [0.15, 0.2) is 29.2 Å². The van der Waals surface area contributed by atoms with Crippen molar-refractivity contribution in [1.29, 1.82) is 0 Å². The van der Waals surface area contributed by atoms with Crippen molar-refractivity contribution in [1.82, 2.24) is 0 Å². The van der Waals surface area contributed by atoms with E-state index in [1.165, 1.54) is 12.1 Å². The van der Waals surface area contributed by atoms with Gasteiger partial charge in [-0.3, -0.25) is 0 Å². The lowest BCUT2D eigenvalue weighted by Crippen LogP contribution is -2.34. The lowest BCUT2D eigenvalue weighted by molar-refractivity contribution is 0.292. The third-order valence-corrected chi connectivity index (χ3v) is 4.33. The smallest absolute Gasteiger partial charge is 0.196 e. The number of aliphatic hydroxyl groups excluding tert-OH is 1. The molecule has 90 valence electrons. The molecule has 16 heavy (non-hydrogen) atoms. The summed E-state index contributed by atoms with van der Waals surface area (Å²) in [6.45, 7) is 3.49. The van der Waals surface area contributed by atoms with Crippen LogP contribution in [0.3, 0.4) is 0 Å². The average molecular weight is 243 g/mol. The Labute approximate surface area is 96.0 Å². The Morgan fingerprint density at radius 3 is 2.12 bits per heavy atom. The molecule has 1 unspecified atom stereocenters. The summed E-state index contributed by atoms with van der Waals surface area (Å²) in [7, 11) is -3.60. The molecule has 0 heterocycles. The van der Waals surface area contributed by atoms with E-state index in [0.29, 0.717) is 5.92 Å². The van der Waals surface area contributed by atoms with E-state index in [2.05, 4.69) is 0 Å². The van der Waals surface area contributed by atoms with Crippen molar-refractivity contribution in [2.24, 2.45) is 5.73 Å². The van der Waals surface area contributed by atoms with Gasteiger partial charge in [-0.25, -0.2) is 8.42 Å². The van der Waals surface area contributed by atoms with Crippen LogP contribution in [-0.4, -0.2) is 25.5 Å². The molecule has 0 bridgehead atoms. The zero-order valence-electron chi connectivity index (χ0n) is 9.42. The van der Waals surface area contributed by atoms with Crippen molar-refractivity contribution in [3.05, 3.63) is 29.8 Å². The Morgan fingerprint density at radius 1 is 1.25 bits per heavy atom. The van der Waals surface area contributed by atoms with Gasteiger partial charge in [0.25, 0.3) is 0 Å². The molecule has 0 aromatic heterocycles. The first kappa shape index (κ1) is 13.2.